The van der Waals surface area contributed by atoms with Crippen LogP contribution in [0.25, 0.3) is 16.8 Å². The number of carbonyl (C=O) groups is 1. The number of hydrogen-bond acceptors (Lipinski definition) is 8. The first-order valence-corrected chi connectivity index (χ1v) is 17.1. The van der Waals surface area contributed by atoms with Crippen LogP contribution in [0.3, 0.4) is 0 Å². The highest BCUT2D eigenvalue weighted by atomic mass is 32.2. The number of nitrogens with one attached hydrogen (secondary N) is 1. The molecule has 1 N–H and O–H groups in total. The number of anilines is 1. The van der Waals surface area contributed by atoms with Gasteiger partial charge in [0.05, 0.1) is 28.9 Å². The molecule has 0 aliphatic carbocycles. The summed E-state index contributed by atoms with van der Waals surface area (Å²) in [5.74, 6) is 0.165. The fourth-order valence-corrected chi connectivity index (χ4v) is 6.63. The summed E-state index contributed by atoms with van der Waals surface area (Å²) in [6, 6.07) is 15.0. The summed E-state index contributed by atoms with van der Waals surface area (Å²) in [5.41, 5.74) is 6.28. The van der Waals surface area contributed by atoms with E-state index in [9.17, 15) is 13.2 Å². The summed E-state index contributed by atoms with van der Waals surface area (Å²) in [4.78, 5) is 34.4. The van der Waals surface area contributed by atoms with Crippen LogP contribution in [-0.4, -0.2) is 51.8 Å². The highest BCUT2D eigenvalue weighted by Crippen LogP contribution is 2.31. The molecule has 1 aliphatic rings. The van der Waals surface area contributed by atoms with E-state index in [0.717, 1.165) is 33.5 Å². The van der Waals surface area contributed by atoms with E-state index in [0.29, 0.717) is 17.9 Å². The number of allylic oxidation sites excluding steroid dienone is 2. The van der Waals surface area contributed by atoms with Gasteiger partial charge in [0.15, 0.2) is 0 Å². The van der Waals surface area contributed by atoms with E-state index in [1.165, 1.54) is 12.1 Å². The molecule has 47 heavy (non-hydrogen) atoms. The molecule has 2 aromatic heterocycles. The fourth-order valence-electron chi connectivity index (χ4n) is 5.64. The number of carbonyl (C=O) groups excluding carboxylic acids is 1. The topological polar surface area (TPSA) is 127 Å². The molecule has 4 bridgehead atoms. The van der Waals surface area contributed by atoms with Crippen molar-refractivity contribution in [1.82, 2.24) is 24.8 Å². The van der Waals surface area contributed by atoms with Gasteiger partial charge in [0.25, 0.3) is 15.9 Å². The van der Waals surface area contributed by atoms with Gasteiger partial charge in [-0.3, -0.25) is 4.79 Å². The predicted molar refractivity (Wildman–Crippen MR) is 183 cm³/mol. The van der Waals surface area contributed by atoms with Crippen molar-refractivity contribution in [2.24, 2.45) is 5.41 Å². The van der Waals surface area contributed by atoms with Gasteiger partial charge in [0, 0.05) is 23.4 Å². The van der Waals surface area contributed by atoms with Crippen molar-refractivity contribution in [3.63, 3.8) is 0 Å². The Morgan fingerprint density at radius 1 is 0.979 bits per heavy atom. The van der Waals surface area contributed by atoms with Crippen molar-refractivity contribution in [3.8, 4) is 17.1 Å². The molecule has 4 aromatic rings. The molecule has 1 atom stereocenters. The van der Waals surface area contributed by atoms with Crippen LogP contribution >= 0.6 is 0 Å². The Morgan fingerprint density at radius 3 is 2.36 bits per heavy atom. The first kappa shape index (κ1) is 33.7. The number of amides is 1. The molecule has 1 amide bonds. The summed E-state index contributed by atoms with van der Waals surface area (Å²) in [5, 5.41) is 0. The van der Waals surface area contributed by atoms with Crippen LogP contribution in [0.15, 0.2) is 71.3 Å². The third-order valence-corrected chi connectivity index (χ3v) is 9.51. The number of ether oxygens (including phenoxy) is 1. The predicted octanol–water partition coefficient (Wildman–Crippen LogP) is 7.00. The number of benzene rings is 2. The molecular formula is C36H42N6O4S. The maximum Gasteiger partial charge on any atom is 0.264 e. The second-order valence-electron chi connectivity index (χ2n) is 13.5. The molecule has 2 aromatic carbocycles. The number of nitrogens with zero attached hydrogens (tertiary/aromatic N) is 5. The Balaban J connectivity index is 1.68. The van der Waals surface area contributed by atoms with Gasteiger partial charge in [-0.25, -0.2) is 28.1 Å². The van der Waals surface area contributed by atoms with Gasteiger partial charge >= 0.3 is 0 Å². The van der Waals surface area contributed by atoms with Gasteiger partial charge < -0.3 is 9.64 Å². The lowest BCUT2D eigenvalue weighted by molar-refractivity contribution is 0.0505. The standard InChI is InChI=1S/C36H42N6O4S/c1-22(2)25(5)29-15-16-37-31(38-29)20-42-27(19-36(6,7)8)21-46-32-18-30(33-23(3)11-9-12-24(33)4)39-35(40-32)41-47(44,45)28-14-10-13-26(17-28)34(42)43/h9-18,27H,19-21H2,1-8H3,(H,39,40,41)/t27-/m1/s1. The molecule has 0 fully saturated rings. The molecular weight excluding hydrogens is 613 g/mol. The normalized spacial score (nSPS) is 16.2. The third-order valence-electron chi connectivity index (χ3n) is 8.18. The first-order valence-electron chi connectivity index (χ1n) is 15.6. The molecule has 10 nitrogen and oxygen atoms in total. The minimum absolute atomic E-state index is 0.0871. The minimum atomic E-state index is -4.17. The Morgan fingerprint density at radius 2 is 1.68 bits per heavy atom. The number of aromatic nitrogens is 4. The van der Waals surface area contributed by atoms with E-state index in [2.05, 4.69) is 40.4 Å². The fraction of sp³-hybridized carbons (Fsp3) is 0.361. The SMILES string of the molecule is CC(C)=C(C)c1ccnc(CN2C(=O)c3cccc(c3)S(=O)(=O)Nc3nc(cc(-c4c(C)cccc4C)n3)OC[C@H]2CC(C)(C)C)n1. The molecule has 0 radical (unpaired) electrons. The number of rotatable bonds is 5. The van der Waals surface area contributed by atoms with Crippen molar-refractivity contribution in [3.05, 3.63) is 94.6 Å². The Kier molecular flexibility index (Phi) is 9.49. The molecule has 5 rings (SSSR count). The highest BCUT2D eigenvalue weighted by Gasteiger charge is 2.32. The number of fused-ring (bicyclic) bond motifs is 4. The molecule has 0 saturated heterocycles. The quantitative estimate of drug-likeness (QED) is 0.244. The van der Waals surface area contributed by atoms with Gasteiger partial charge in [-0.15, -0.1) is 0 Å². The Bertz CT molecular complexity index is 1940. The van der Waals surface area contributed by atoms with E-state index in [1.807, 2.05) is 58.9 Å². The smallest absolute Gasteiger partial charge is 0.264 e. The van der Waals surface area contributed by atoms with Crippen molar-refractivity contribution < 1.29 is 17.9 Å². The van der Waals surface area contributed by atoms with E-state index in [4.69, 9.17) is 9.72 Å². The lowest BCUT2D eigenvalue weighted by atomic mass is 9.87. The summed E-state index contributed by atoms with van der Waals surface area (Å²) < 4.78 is 36.2. The molecule has 0 spiro atoms. The van der Waals surface area contributed by atoms with Crippen molar-refractivity contribution in [1.29, 1.82) is 0 Å². The van der Waals surface area contributed by atoms with Crippen molar-refractivity contribution in [2.75, 3.05) is 11.3 Å². The monoisotopic (exact) mass is 654 g/mol. The van der Waals surface area contributed by atoms with Crippen LogP contribution in [0.4, 0.5) is 5.95 Å². The van der Waals surface area contributed by atoms with E-state index in [1.54, 1.807) is 29.3 Å². The zero-order chi connectivity index (χ0) is 34.1. The zero-order valence-electron chi connectivity index (χ0n) is 28.2. The van der Waals surface area contributed by atoms with Gasteiger partial charge in [0.2, 0.25) is 11.8 Å². The maximum absolute atomic E-state index is 14.4. The summed E-state index contributed by atoms with van der Waals surface area (Å²) in [6.45, 7) is 16.5. The summed E-state index contributed by atoms with van der Waals surface area (Å²) in [7, 11) is -4.17. The van der Waals surface area contributed by atoms with Crippen LogP contribution in [0.5, 0.6) is 5.88 Å². The van der Waals surface area contributed by atoms with Gasteiger partial charge in [-0.2, -0.15) is 4.98 Å². The van der Waals surface area contributed by atoms with Gasteiger partial charge in [0.1, 0.15) is 12.4 Å². The maximum atomic E-state index is 14.4. The Labute approximate surface area is 277 Å². The van der Waals surface area contributed by atoms with Crippen LogP contribution < -0.4 is 9.46 Å². The van der Waals surface area contributed by atoms with Gasteiger partial charge in [-0.05, 0) is 87.4 Å². The molecule has 0 saturated carbocycles. The lowest BCUT2D eigenvalue weighted by Gasteiger charge is -2.35. The van der Waals surface area contributed by atoms with Crippen molar-refractivity contribution in [2.45, 2.75) is 79.3 Å². The highest BCUT2D eigenvalue weighted by molar-refractivity contribution is 7.92. The zero-order valence-corrected chi connectivity index (χ0v) is 29.1. The van der Waals surface area contributed by atoms with Crippen LogP contribution in [-0.2, 0) is 16.6 Å². The number of hydrogen-bond donors (Lipinski definition) is 1. The van der Waals surface area contributed by atoms with Crippen LogP contribution in [0, 0.1) is 19.3 Å². The molecule has 0 unspecified atom stereocenters. The molecule has 1 aliphatic heterocycles. The second kappa shape index (κ2) is 13.2. The minimum Gasteiger partial charge on any atom is -0.475 e. The van der Waals surface area contributed by atoms with E-state index in [-0.39, 0.29) is 46.8 Å². The average Bonchev–Trinajstić information content (AvgIpc) is 3.00. The number of aryl methyl sites for hydroxylation is 2. The molecule has 3 heterocycles. The number of sulfonamides is 1. The summed E-state index contributed by atoms with van der Waals surface area (Å²) in [6.07, 6.45) is 2.27. The first-order chi connectivity index (χ1) is 22.1. The third kappa shape index (κ3) is 7.85. The van der Waals surface area contributed by atoms with E-state index >= 15 is 0 Å². The lowest BCUT2D eigenvalue weighted by Crippen LogP contribution is -2.45. The largest absolute Gasteiger partial charge is 0.475 e. The second-order valence-corrected chi connectivity index (χ2v) is 15.1. The van der Waals surface area contributed by atoms with Crippen LogP contribution in [0.2, 0.25) is 0 Å². The van der Waals surface area contributed by atoms with Crippen molar-refractivity contribution >= 4 is 27.5 Å². The summed E-state index contributed by atoms with van der Waals surface area (Å²) >= 11 is 0. The van der Waals surface area contributed by atoms with Gasteiger partial charge in [-0.1, -0.05) is 50.6 Å². The van der Waals surface area contributed by atoms with Crippen LogP contribution in [0.1, 0.15) is 81.0 Å². The Hall–Kier alpha value is -4.64. The average molecular weight is 655 g/mol. The molecule has 11 heteroatoms. The van der Waals surface area contributed by atoms with E-state index < -0.39 is 16.1 Å². The molecule has 246 valence electrons.